The Balaban J connectivity index is 1.42. The molecule has 0 fully saturated rings. The van der Waals surface area contributed by atoms with Crippen molar-refractivity contribution in [2.45, 2.75) is 0 Å². The van der Waals surface area contributed by atoms with Gasteiger partial charge in [-0.15, -0.1) is 0 Å². The van der Waals surface area contributed by atoms with E-state index in [0.717, 1.165) is 5.56 Å². The second kappa shape index (κ2) is 10.9. The number of hydrogen-bond acceptors (Lipinski definition) is 8. The standard InChI is InChI=1S/C28H25N7O4/c1-29-26(36)17-7-9-20(10-8-17)31-27(37)19-6-4-5-18(15-19)21-16-22(25-30-13-14-35(25)34-21)32-24-12-11-23(38-2)28(33-24)39-3/h4-16H,1-3H3,(H,29,36)(H,31,37)(H,32,33). The highest BCUT2D eigenvalue weighted by Gasteiger charge is 2.14. The summed E-state index contributed by atoms with van der Waals surface area (Å²) < 4.78 is 12.2. The summed E-state index contributed by atoms with van der Waals surface area (Å²) >= 11 is 0. The van der Waals surface area contributed by atoms with Gasteiger partial charge in [0, 0.05) is 41.8 Å². The molecule has 0 spiro atoms. The zero-order valence-corrected chi connectivity index (χ0v) is 21.4. The lowest BCUT2D eigenvalue weighted by molar-refractivity contribution is 0.0962. The molecule has 0 bridgehead atoms. The quantitative estimate of drug-likeness (QED) is 0.276. The van der Waals surface area contributed by atoms with Crippen LogP contribution in [-0.2, 0) is 0 Å². The minimum atomic E-state index is -0.291. The van der Waals surface area contributed by atoms with E-state index in [2.05, 4.69) is 31.0 Å². The second-order valence-electron chi connectivity index (χ2n) is 8.36. The molecular formula is C28H25N7O4. The fourth-order valence-corrected chi connectivity index (χ4v) is 3.96. The van der Waals surface area contributed by atoms with Crippen LogP contribution in [0, 0.1) is 0 Å². The van der Waals surface area contributed by atoms with Crippen LogP contribution in [0.5, 0.6) is 11.6 Å². The Labute approximate surface area is 223 Å². The minimum absolute atomic E-state index is 0.196. The number of fused-ring (bicyclic) bond motifs is 1. The summed E-state index contributed by atoms with van der Waals surface area (Å²) in [5.74, 6) is 0.908. The average molecular weight is 524 g/mol. The highest BCUT2D eigenvalue weighted by atomic mass is 16.5. The number of nitrogens with one attached hydrogen (secondary N) is 3. The number of pyridine rings is 1. The molecule has 11 nitrogen and oxygen atoms in total. The number of nitrogens with zero attached hydrogens (tertiary/aromatic N) is 4. The van der Waals surface area contributed by atoms with Crippen molar-refractivity contribution < 1.29 is 19.1 Å². The second-order valence-corrected chi connectivity index (χ2v) is 8.36. The number of aromatic nitrogens is 4. The Morgan fingerprint density at radius 3 is 2.46 bits per heavy atom. The van der Waals surface area contributed by atoms with Crippen molar-refractivity contribution >= 4 is 34.7 Å². The number of anilines is 3. The average Bonchev–Trinajstić information content (AvgIpc) is 3.46. The van der Waals surface area contributed by atoms with E-state index in [0.29, 0.717) is 51.3 Å². The topological polar surface area (TPSA) is 132 Å². The van der Waals surface area contributed by atoms with Gasteiger partial charge >= 0.3 is 0 Å². The van der Waals surface area contributed by atoms with Gasteiger partial charge in [0.1, 0.15) is 5.82 Å². The smallest absolute Gasteiger partial charge is 0.258 e. The third-order valence-corrected chi connectivity index (χ3v) is 5.91. The summed E-state index contributed by atoms with van der Waals surface area (Å²) in [4.78, 5) is 33.6. The van der Waals surface area contributed by atoms with Crippen molar-refractivity contribution in [1.29, 1.82) is 0 Å². The first-order valence-corrected chi connectivity index (χ1v) is 11.9. The normalized spacial score (nSPS) is 10.6. The van der Waals surface area contributed by atoms with E-state index in [-0.39, 0.29) is 11.8 Å². The number of methoxy groups -OCH3 is 2. The van der Waals surface area contributed by atoms with Crippen LogP contribution < -0.4 is 25.4 Å². The molecule has 3 aromatic heterocycles. The maximum absolute atomic E-state index is 13.0. The van der Waals surface area contributed by atoms with Crippen LogP contribution in [0.2, 0.25) is 0 Å². The zero-order chi connectivity index (χ0) is 27.4. The SMILES string of the molecule is CNC(=O)c1ccc(NC(=O)c2cccc(-c3cc(Nc4ccc(OC)c(OC)n4)c4nccn4n3)c2)cc1. The Hall–Kier alpha value is -5.45. The molecule has 3 N–H and O–H groups in total. The van der Waals surface area contributed by atoms with Crippen LogP contribution in [0.15, 0.2) is 79.1 Å². The van der Waals surface area contributed by atoms with Gasteiger partial charge in [-0.2, -0.15) is 10.1 Å². The number of benzene rings is 2. The van der Waals surface area contributed by atoms with Crippen LogP contribution in [0.3, 0.4) is 0 Å². The van der Waals surface area contributed by atoms with Gasteiger partial charge in [-0.25, -0.2) is 9.50 Å². The van der Waals surface area contributed by atoms with Crippen LogP contribution in [0.25, 0.3) is 16.9 Å². The molecule has 11 heteroatoms. The molecule has 0 saturated heterocycles. The largest absolute Gasteiger partial charge is 0.491 e. The third-order valence-electron chi connectivity index (χ3n) is 5.91. The van der Waals surface area contributed by atoms with E-state index >= 15 is 0 Å². The fourth-order valence-electron chi connectivity index (χ4n) is 3.96. The molecule has 0 aliphatic rings. The number of carbonyl (C=O) groups excluding carboxylic acids is 2. The van der Waals surface area contributed by atoms with Gasteiger partial charge < -0.3 is 25.4 Å². The van der Waals surface area contributed by atoms with E-state index in [9.17, 15) is 9.59 Å². The van der Waals surface area contributed by atoms with Crippen LogP contribution in [0.4, 0.5) is 17.2 Å². The van der Waals surface area contributed by atoms with Gasteiger partial charge in [0.25, 0.3) is 17.7 Å². The molecule has 3 heterocycles. The molecule has 0 aliphatic heterocycles. The van der Waals surface area contributed by atoms with Crippen molar-refractivity contribution in [1.82, 2.24) is 24.9 Å². The van der Waals surface area contributed by atoms with E-state index < -0.39 is 0 Å². The summed E-state index contributed by atoms with van der Waals surface area (Å²) in [5.41, 5.74) is 4.15. The Morgan fingerprint density at radius 1 is 0.897 bits per heavy atom. The summed E-state index contributed by atoms with van der Waals surface area (Å²) in [6, 6.07) is 19.2. The van der Waals surface area contributed by atoms with Gasteiger partial charge in [0.05, 0.1) is 25.6 Å². The number of imidazole rings is 1. The highest BCUT2D eigenvalue weighted by Crippen LogP contribution is 2.30. The first-order valence-electron chi connectivity index (χ1n) is 11.9. The van der Waals surface area contributed by atoms with Crippen LogP contribution in [0.1, 0.15) is 20.7 Å². The van der Waals surface area contributed by atoms with Gasteiger partial charge in [0.2, 0.25) is 0 Å². The molecule has 0 radical (unpaired) electrons. The predicted molar refractivity (Wildman–Crippen MR) is 147 cm³/mol. The van der Waals surface area contributed by atoms with Gasteiger partial charge in [-0.1, -0.05) is 12.1 Å². The van der Waals surface area contributed by atoms with E-state index in [1.54, 1.807) is 85.7 Å². The molecule has 0 atom stereocenters. The first kappa shape index (κ1) is 25.2. The maximum atomic E-state index is 13.0. The lowest BCUT2D eigenvalue weighted by atomic mass is 10.1. The molecule has 5 rings (SSSR count). The lowest BCUT2D eigenvalue weighted by Crippen LogP contribution is -2.17. The zero-order valence-electron chi connectivity index (χ0n) is 21.4. The molecule has 5 aromatic rings. The van der Waals surface area contributed by atoms with Crippen molar-refractivity contribution in [3.05, 3.63) is 90.3 Å². The third kappa shape index (κ3) is 5.32. The molecular weight excluding hydrogens is 498 g/mol. The van der Waals surface area contributed by atoms with Gasteiger partial charge in [-0.05, 0) is 54.6 Å². The van der Waals surface area contributed by atoms with Crippen molar-refractivity contribution in [3.63, 3.8) is 0 Å². The molecule has 39 heavy (non-hydrogen) atoms. The van der Waals surface area contributed by atoms with Crippen LogP contribution >= 0.6 is 0 Å². The monoisotopic (exact) mass is 523 g/mol. The molecule has 196 valence electrons. The molecule has 0 saturated carbocycles. The van der Waals surface area contributed by atoms with Gasteiger partial charge in [0.15, 0.2) is 11.4 Å². The maximum Gasteiger partial charge on any atom is 0.258 e. The number of hydrogen-bond donors (Lipinski definition) is 3. The lowest BCUT2D eigenvalue weighted by Gasteiger charge is -2.12. The fraction of sp³-hybridized carbons (Fsp3) is 0.107. The summed E-state index contributed by atoms with van der Waals surface area (Å²) in [7, 11) is 4.64. The number of ether oxygens (including phenoxy) is 2. The first-order chi connectivity index (χ1) is 19.0. The number of carbonyl (C=O) groups is 2. The number of amides is 2. The van der Waals surface area contributed by atoms with Crippen molar-refractivity contribution in [2.24, 2.45) is 0 Å². The number of rotatable bonds is 8. The van der Waals surface area contributed by atoms with Crippen molar-refractivity contribution in [3.8, 4) is 22.9 Å². The molecule has 2 aromatic carbocycles. The van der Waals surface area contributed by atoms with Gasteiger partial charge in [-0.3, -0.25) is 9.59 Å². The van der Waals surface area contributed by atoms with Crippen LogP contribution in [-0.4, -0.2) is 52.7 Å². The summed E-state index contributed by atoms with van der Waals surface area (Å²) in [6.07, 6.45) is 3.39. The molecule has 0 unspecified atom stereocenters. The predicted octanol–water partition coefficient (Wildman–Crippen LogP) is 4.16. The molecule has 2 amide bonds. The minimum Gasteiger partial charge on any atom is -0.491 e. The Kier molecular flexibility index (Phi) is 7.04. The van der Waals surface area contributed by atoms with E-state index in [1.807, 2.05) is 12.1 Å². The molecule has 0 aliphatic carbocycles. The van der Waals surface area contributed by atoms with E-state index in [1.165, 1.54) is 7.11 Å². The Morgan fingerprint density at radius 2 is 1.72 bits per heavy atom. The van der Waals surface area contributed by atoms with E-state index in [4.69, 9.17) is 9.47 Å². The highest BCUT2D eigenvalue weighted by molar-refractivity contribution is 6.05. The Bertz CT molecular complexity index is 1660. The summed E-state index contributed by atoms with van der Waals surface area (Å²) in [5, 5.41) is 13.4. The summed E-state index contributed by atoms with van der Waals surface area (Å²) in [6.45, 7) is 0. The van der Waals surface area contributed by atoms with Crippen molar-refractivity contribution in [2.75, 3.05) is 31.9 Å².